The second kappa shape index (κ2) is 8.71. The first kappa shape index (κ1) is 18.9. The molecule has 4 rings (SSSR count). The van der Waals surface area contributed by atoms with Gasteiger partial charge in [0.15, 0.2) is 0 Å². The molecule has 7 heteroatoms. The van der Waals surface area contributed by atoms with E-state index in [1.54, 1.807) is 11.3 Å². The van der Waals surface area contributed by atoms with Gasteiger partial charge in [0, 0.05) is 56.7 Å². The van der Waals surface area contributed by atoms with Gasteiger partial charge in [-0.25, -0.2) is 0 Å². The van der Waals surface area contributed by atoms with E-state index in [4.69, 9.17) is 0 Å². The van der Waals surface area contributed by atoms with E-state index in [2.05, 4.69) is 32.6 Å². The van der Waals surface area contributed by atoms with Crippen LogP contribution in [0.2, 0.25) is 0 Å². The maximum absolute atomic E-state index is 12.9. The molecule has 1 aliphatic carbocycles. The maximum Gasteiger partial charge on any atom is 0.237 e. The molecule has 0 bridgehead atoms. The van der Waals surface area contributed by atoms with E-state index >= 15 is 0 Å². The minimum atomic E-state index is -0.279. The van der Waals surface area contributed by atoms with Crippen molar-refractivity contribution in [2.24, 2.45) is 0 Å². The molecule has 148 valence electrons. The molecule has 2 saturated heterocycles. The molecule has 3 aliphatic rings. The van der Waals surface area contributed by atoms with Crippen LogP contribution >= 0.6 is 11.3 Å². The lowest BCUT2D eigenvalue weighted by atomic mass is 10.0. The number of thiophene rings is 1. The van der Waals surface area contributed by atoms with Gasteiger partial charge in [-0.3, -0.25) is 19.4 Å². The molecule has 1 aromatic rings. The van der Waals surface area contributed by atoms with Gasteiger partial charge in [0.05, 0.1) is 12.5 Å². The Morgan fingerprint density at radius 3 is 2.63 bits per heavy atom. The fourth-order valence-electron chi connectivity index (χ4n) is 4.69. The fourth-order valence-corrected chi connectivity index (χ4v) is 5.43. The molecule has 0 spiro atoms. The number of nitrogens with zero attached hydrogens (tertiary/aromatic N) is 3. The van der Waals surface area contributed by atoms with Crippen molar-refractivity contribution < 1.29 is 9.59 Å². The van der Waals surface area contributed by atoms with Gasteiger partial charge in [-0.05, 0) is 24.3 Å². The van der Waals surface area contributed by atoms with E-state index < -0.39 is 0 Å². The van der Waals surface area contributed by atoms with Gasteiger partial charge in [-0.15, -0.1) is 11.3 Å². The molecule has 0 radical (unpaired) electrons. The molecule has 3 heterocycles. The van der Waals surface area contributed by atoms with E-state index in [1.807, 2.05) is 4.90 Å². The number of hydrogen-bond donors (Lipinski definition) is 1. The van der Waals surface area contributed by atoms with E-state index in [-0.39, 0.29) is 17.9 Å². The van der Waals surface area contributed by atoms with Crippen molar-refractivity contribution in [2.75, 3.05) is 39.3 Å². The third kappa shape index (κ3) is 4.52. The highest BCUT2D eigenvalue weighted by atomic mass is 32.1. The second-order valence-corrected chi connectivity index (χ2v) is 8.96. The fraction of sp³-hybridized carbons (Fsp3) is 0.700. The first-order valence-electron chi connectivity index (χ1n) is 10.3. The van der Waals surface area contributed by atoms with E-state index in [1.165, 1.54) is 30.6 Å². The summed E-state index contributed by atoms with van der Waals surface area (Å²) in [6.45, 7) is 5.91. The highest BCUT2D eigenvalue weighted by Crippen LogP contribution is 2.27. The molecule has 1 N–H and O–H groups in total. The molecule has 0 aromatic carbocycles. The third-order valence-electron chi connectivity index (χ3n) is 6.22. The Hall–Kier alpha value is -1.44. The molecule has 3 fully saturated rings. The first-order valence-corrected chi connectivity index (χ1v) is 11.1. The summed E-state index contributed by atoms with van der Waals surface area (Å²) in [5.41, 5.74) is 0. The van der Waals surface area contributed by atoms with Crippen LogP contribution in [0.1, 0.15) is 37.0 Å². The van der Waals surface area contributed by atoms with Gasteiger partial charge in [0.2, 0.25) is 11.8 Å². The van der Waals surface area contributed by atoms with Crippen LogP contribution in [-0.2, 0) is 16.1 Å². The number of carbonyl (C=O) groups is 2. The van der Waals surface area contributed by atoms with Crippen LogP contribution in [0.4, 0.5) is 0 Å². The zero-order valence-corrected chi connectivity index (χ0v) is 16.8. The predicted octanol–water partition coefficient (Wildman–Crippen LogP) is 1.53. The largest absolute Gasteiger partial charge is 0.353 e. The SMILES string of the molecule is O=C1NCCN(C2CCCC2)[C@H]1CC(=O)N1CCN(Cc2cccs2)CC1. The standard InChI is InChI=1S/C20H30N4O2S/c25-19(23-11-9-22(10-12-23)15-17-6-3-13-27-17)14-18-20(26)21-7-8-24(18)16-4-1-2-5-16/h3,6,13,16,18H,1-2,4-5,7-12,14-15H2,(H,21,26)/t18-/m0/s1. The van der Waals surface area contributed by atoms with Crippen molar-refractivity contribution in [1.29, 1.82) is 0 Å². The van der Waals surface area contributed by atoms with Gasteiger partial charge < -0.3 is 10.2 Å². The van der Waals surface area contributed by atoms with Crippen LogP contribution in [0, 0.1) is 0 Å². The highest BCUT2D eigenvalue weighted by molar-refractivity contribution is 7.09. The Kier molecular flexibility index (Phi) is 6.10. The lowest BCUT2D eigenvalue weighted by molar-refractivity contribution is -0.141. The zero-order valence-electron chi connectivity index (χ0n) is 15.9. The molecular weight excluding hydrogens is 360 g/mol. The summed E-state index contributed by atoms with van der Waals surface area (Å²) in [4.78, 5) is 33.4. The van der Waals surface area contributed by atoms with Gasteiger partial charge in [0.1, 0.15) is 0 Å². The topological polar surface area (TPSA) is 55.9 Å². The minimum Gasteiger partial charge on any atom is -0.353 e. The van der Waals surface area contributed by atoms with Crippen LogP contribution in [0.5, 0.6) is 0 Å². The number of nitrogens with one attached hydrogen (secondary N) is 1. The van der Waals surface area contributed by atoms with E-state index in [9.17, 15) is 9.59 Å². The molecule has 27 heavy (non-hydrogen) atoms. The Morgan fingerprint density at radius 1 is 1.15 bits per heavy atom. The van der Waals surface area contributed by atoms with Crippen molar-refractivity contribution in [3.63, 3.8) is 0 Å². The van der Waals surface area contributed by atoms with Gasteiger partial charge in [0.25, 0.3) is 0 Å². The monoisotopic (exact) mass is 390 g/mol. The van der Waals surface area contributed by atoms with Gasteiger partial charge in [-0.1, -0.05) is 18.9 Å². The molecule has 6 nitrogen and oxygen atoms in total. The smallest absolute Gasteiger partial charge is 0.237 e. The van der Waals surface area contributed by atoms with Gasteiger partial charge >= 0.3 is 0 Å². The number of amides is 2. The van der Waals surface area contributed by atoms with Crippen LogP contribution < -0.4 is 5.32 Å². The van der Waals surface area contributed by atoms with E-state index in [0.717, 1.165) is 39.3 Å². The van der Waals surface area contributed by atoms with Crippen molar-refractivity contribution >= 4 is 23.2 Å². The number of carbonyl (C=O) groups excluding carboxylic acids is 2. The predicted molar refractivity (Wildman–Crippen MR) is 107 cm³/mol. The lowest BCUT2D eigenvalue weighted by Gasteiger charge is -2.40. The zero-order chi connectivity index (χ0) is 18.6. The molecule has 1 aromatic heterocycles. The number of rotatable bonds is 5. The Bertz CT molecular complexity index is 636. The quantitative estimate of drug-likeness (QED) is 0.828. The Labute approximate surface area is 165 Å². The molecule has 2 amide bonds. The maximum atomic E-state index is 12.9. The first-order chi connectivity index (χ1) is 13.2. The number of hydrogen-bond acceptors (Lipinski definition) is 5. The Morgan fingerprint density at radius 2 is 1.93 bits per heavy atom. The summed E-state index contributed by atoms with van der Waals surface area (Å²) < 4.78 is 0. The van der Waals surface area contributed by atoms with Crippen molar-refractivity contribution in [2.45, 2.75) is 50.7 Å². The van der Waals surface area contributed by atoms with Crippen molar-refractivity contribution in [1.82, 2.24) is 20.0 Å². The molecular formula is C20H30N4O2S. The van der Waals surface area contributed by atoms with Crippen LogP contribution in [0.25, 0.3) is 0 Å². The minimum absolute atomic E-state index is 0.0397. The average molecular weight is 391 g/mol. The number of piperazine rings is 2. The van der Waals surface area contributed by atoms with Crippen molar-refractivity contribution in [3.8, 4) is 0 Å². The molecule has 2 aliphatic heterocycles. The highest BCUT2D eigenvalue weighted by Gasteiger charge is 2.37. The Balaban J connectivity index is 1.30. The summed E-state index contributed by atoms with van der Waals surface area (Å²) in [6.07, 6.45) is 5.15. The molecule has 1 saturated carbocycles. The molecule has 0 unspecified atom stereocenters. The lowest BCUT2D eigenvalue weighted by Crippen LogP contribution is -2.59. The molecule has 1 atom stereocenters. The summed E-state index contributed by atoms with van der Waals surface area (Å²) in [5.74, 6) is 0.175. The third-order valence-corrected chi connectivity index (χ3v) is 7.08. The van der Waals surface area contributed by atoms with Crippen molar-refractivity contribution in [3.05, 3.63) is 22.4 Å². The van der Waals surface area contributed by atoms with Crippen LogP contribution in [0.15, 0.2) is 17.5 Å². The van der Waals surface area contributed by atoms with Gasteiger partial charge in [-0.2, -0.15) is 0 Å². The summed E-state index contributed by atoms with van der Waals surface area (Å²) in [5, 5.41) is 5.08. The normalized spacial score (nSPS) is 25.7. The summed E-state index contributed by atoms with van der Waals surface area (Å²) in [7, 11) is 0. The summed E-state index contributed by atoms with van der Waals surface area (Å²) >= 11 is 1.79. The average Bonchev–Trinajstić information content (AvgIpc) is 3.38. The van der Waals surface area contributed by atoms with Crippen LogP contribution in [0.3, 0.4) is 0 Å². The summed E-state index contributed by atoms with van der Waals surface area (Å²) in [6, 6.07) is 4.46. The van der Waals surface area contributed by atoms with Crippen LogP contribution in [-0.4, -0.2) is 77.9 Å². The van der Waals surface area contributed by atoms with E-state index in [0.29, 0.717) is 19.0 Å². The second-order valence-electron chi connectivity index (χ2n) is 7.92.